The van der Waals surface area contributed by atoms with Gasteiger partial charge < -0.3 is 5.32 Å². The third-order valence-electron chi connectivity index (χ3n) is 2.92. The number of aromatic nitrogens is 2. The summed E-state index contributed by atoms with van der Waals surface area (Å²) < 4.78 is 40.5. The zero-order valence-corrected chi connectivity index (χ0v) is 12.0. The van der Waals surface area contributed by atoms with Crippen LogP contribution in [-0.4, -0.2) is 21.8 Å². The fraction of sp³-hybridized carbons (Fsp3) is 0.429. The number of amides is 1. The molecule has 2 aromatic rings. The van der Waals surface area contributed by atoms with E-state index in [0.717, 1.165) is 5.56 Å². The number of hydrogen-bond donors (Lipinski definition) is 1. The molecule has 2 rings (SSSR count). The van der Waals surface area contributed by atoms with E-state index in [4.69, 9.17) is 0 Å². The maximum absolute atomic E-state index is 13.1. The molecule has 1 N–H and O–H groups in total. The summed E-state index contributed by atoms with van der Waals surface area (Å²) in [4.78, 5) is 15.7. The number of aryl methyl sites for hydroxylation is 1. The molecule has 0 aromatic carbocycles. The molecule has 0 unspecified atom stereocenters. The van der Waals surface area contributed by atoms with Crippen LogP contribution in [0.2, 0.25) is 0 Å². The van der Waals surface area contributed by atoms with Crippen LogP contribution in [0.5, 0.6) is 0 Å². The second-order valence-electron chi connectivity index (χ2n) is 5.35. The van der Waals surface area contributed by atoms with Gasteiger partial charge in [0.1, 0.15) is 11.3 Å². The van der Waals surface area contributed by atoms with Crippen LogP contribution in [0.15, 0.2) is 18.3 Å². The maximum atomic E-state index is 13.1. The van der Waals surface area contributed by atoms with Crippen molar-refractivity contribution in [1.29, 1.82) is 0 Å². The van der Waals surface area contributed by atoms with Gasteiger partial charge in [-0.15, -0.1) is 0 Å². The fourth-order valence-corrected chi connectivity index (χ4v) is 1.95. The highest BCUT2D eigenvalue weighted by molar-refractivity contribution is 5.95. The second-order valence-corrected chi connectivity index (χ2v) is 5.35. The lowest BCUT2D eigenvalue weighted by atomic mass is 10.2. The van der Waals surface area contributed by atoms with Crippen molar-refractivity contribution in [1.82, 2.24) is 14.7 Å². The fourth-order valence-electron chi connectivity index (χ4n) is 1.95. The van der Waals surface area contributed by atoms with Crippen molar-refractivity contribution in [3.05, 3.63) is 35.3 Å². The Bertz CT molecular complexity index is 674. The molecule has 0 aliphatic rings. The van der Waals surface area contributed by atoms with Crippen molar-refractivity contribution < 1.29 is 18.0 Å². The first-order chi connectivity index (χ1) is 9.70. The molecule has 1 amide bonds. The molecule has 2 aromatic heterocycles. The summed E-state index contributed by atoms with van der Waals surface area (Å²) in [5.74, 6) is -0.627. The molecule has 7 heteroatoms. The lowest BCUT2D eigenvalue weighted by molar-refractivity contribution is -0.141. The predicted molar refractivity (Wildman–Crippen MR) is 72.1 cm³/mol. The molecule has 0 saturated carbocycles. The van der Waals surface area contributed by atoms with Crippen LogP contribution in [0.25, 0.3) is 5.65 Å². The van der Waals surface area contributed by atoms with E-state index in [1.807, 2.05) is 13.8 Å². The number of rotatable bonds is 3. The molecule has 0 fully saturated rings. The molecule has 0 radical (unpaired) electrons. The molecule has 0 atom stereocenters. The van der Waals surface area contributed by atoms with Gasteiger partial charge in [0.25, 0.3) is 5.91 Å². The molecule has 4 nitrogen and oxygen atoms in total. The highest BCUT2D eigenvalue weighted by atomic mass is 19.4. The number of halogens is 3. The van der Waals surface area contributed by atoms with Gasteiger partial charge in [0.05, 0.1) is 0 Å². The first-order valence-electron chi connectivity index (χ1n) is 6.54. The van der Waals surface area contributed by atoms with Crippen molar-refractivity contribution in [2.45, 2.75) is 26.9 Å². The molecule has 2 heterocycles. The highest BCUT2D eigenvalue weighted by Gasteiger charge is 2.40. The Morgan fingerprint density at radius 3 is 2.62 bits per heavy atom. The van der Waals surface area contributed by atoms with Crippen LogP contribution in [0.4, 0.5) is 13.2 Å². The topological polar surface area (TPSA) is 46.4 Å². The minimum atomic E-state index is -4.68. The largest absolute Gasteiger partial charge is 0.435 e. The molecule has 0 bridgehead atoms. The van der Waals surface area contributed by atoms with Gasteiger partial charge in [-0.2, -0.15) is 13.2 Å². The molecular formula is C14H16F3N3O. The molecule has 0 saturated heterocycles. The van der Waals surface area contributed by atoms with Gasteiger partial charge in [0, 0.05) is 12.7 Å². The van der Waals surface area contributed by atoms with Crippen LogP contribution in [0, 0.1) is 12.8 Å². The smallest absolute Gasteiger partial charge is 0.350 e. The number of carbonyl (C=O) groups excluding carboxylic acids is 1. The first kappa shape index (κ1) is 15.3. The second kappa shape index (κ2) is 5.38. The summed E-state index contributed by atoms with van der Waals surface area (Å²) in [5.41, 5.74) is -0.787. The van der Waals surface area contributed by atoms with Gasteiger partial charge in [-0.25, -0.2) is 4.98 Å². The number of carbonyl (C=O) groups is 1. The van der Waals surface area contributed by atoms with Crippen molar-refractivity contribution in [2.75, 3.05) is 6.54 Å². The van der Waals surface area contributed by atoms with E-state index in [9.17, 15) is 18.0 Å². The van der Waals surface area contributed by atoms with Crippen LogP contribution in [0.1, 0.15) is 35.6 Å². The van der Waals surface area contributed by atoms with Crippen LogP contribution in [0.3, 0.4) is 0 Å². The highest BCUT2D eigenvalue weighted by Crippen LogP contribution is 2.32. The van der Waals surface area contributed by atoms with Gasteiger partial charge in [0.15, 0.2) is 5.69 Å². The van der Waals surface area contributed by atoms with Crippen molar-refractivity contribution in [3.63, 3.8) is 0 Å². The number of nitrogens with zero attached hydrogens (tertiary/aromatic N) is 2. The van der Waals surface area contributed by atoms with E-state index in [1.54, 1.807) is 13.0 Å². The minimum Gasteiger partial charge on any atom is -0.350 e. The first-order valence-corrected chi connectivity index (χ1v) is 6.54. The standard InChI is InChI=1S/C14H16F3N3O/c1-8(2)6-18-13(21)11-12(14(15,16)17)19-10-5-4-9(3)7-20(10)11/h4-5,7-8H,6H2,1-3H3,(H,18,21). The zero-order valence-electron chi connectivity index (χ0n) is 12.0. The summed E-state index contributed by atoms with van der Waals surface area (Å²) in [6.45, 7) is 5.77. The Morgan fingerprint density at radius 2 is 2.05 bits per heavy atom. The number of hydrogen-bond acceptors (Lipinski definition) is 2. The van der Waals surface area contributed by atoms with E-state index in [2.05, 4.69) is 10.3 Å². The van der Waals surface area contributed by atoms with Crippen LogP contribution < -0.4 is 5.32 Å². The average molecular weight is 299 g/mol. The molecule has 0 spiro atoms. The van der Waals surface area contributed by atoms with Crippen molar-refractivity contribution >= 4 is 11.6 Å². The number of imidazole rings is 1. The van der Waals surface area contributed by atoms with Gasteiger partial charge in [-0.1, -0.05) is 19.9 Å². The quantitative estimate of drug-likeness (QED) is 0.947. The zero-order chi connectivity index (χ0) is 15.8. The SMILES string of the molecule is Cc1ccc2nc(C(F)(F)F)c(C(=O)NCC(C)C)n2c1. The number of pyridine rings is 1. The summed E-state index contributed by atoms with van der Waals surface area (Å²) in [7, 11) is 0. The van der Waals surface area contributed by atoms with Gasteiger partial charge in [-0.3, -0.25) is 9.20 Å². The molecule has 0 aliphatic carbocycles. The molecule has 114 valence electrons. The van der Waals surface area contributed by atoms with Crippen LogP contribution >= 0.6 is 0 Å². The normalized spacial score (nSPS) is 12.1. The predicted octanol–water partition coefficient (Wildman–Crippen LogP) is 3.05. The Labute approximate surface area is 120 Å². The Hall–Kier alpha value is -2.05. The van der Waals surface area contributed by atoms with E-state index >= 15 is 0 Å². The lowest BCUT2D eigenvalue weighted by Gasteiger charge is -2.10. The molecule has 0 aliphatic heterocycles. The van der Waals surface area contributed by atoms with Crippen LogP contribution in [-0.2, 0) is 6.18 Å². The summed E-state index contributed by atoms with van der Waals surface area (Å²) in [6, 6.07) is 3.11. The van der Waals surface area contributed by atoms with Crippen molar-refractivity contribution in [3.8, 4) is 0 Å². The lowest BCUT2D eigenvalue weighted by Crippen LogP contribution is -2.30. The Morgan fingerprint density at radius 1 is 1.38 bits per heavy atom. The monoisotopic (exact) mass is 299 g/mol. The molecule has 21 heavy (non-hydrogen) atoms. The van der Waals surface area contributed by atoms with E-state index in [0.29, 0.717) is 6.54 Å². The minimum absolute atomic E-state index is 0.0996. The number of nitrogens with one attached hydrogen (secondary N) is 1. The molecular weight excluding hydrogens is 283 g/mol. The van der Waals surface area contributed by atoms with E-state index in [-0.39, 0.29) is 11.6 Å². The van der Waals surface area contributed by atoms with E-state index in [1.165, 1.54) is 16.7 Å². The average Bonchev–Trinajstić information content (AvgIpc) is 2.74. The third kappa shape index (κ3) is 3.17. The maximum Gasteiger partial charge on any atom is 0.435 e. The van der Waals surface area contributed by atoms with Gasteiger partial charge >= 0.3 is 6.18 Å². The van der Waals surface area contributed by atoms with Gasteiger partial charge in [-0.05, 0) is 24.5 Å². The van der Waals surface area contributed by atoms with Crippen molar-refractivity contribution in [2.24, 2.45) is 5.92 Å². The number of alkyl halides is 3. The van der Waals surface area contributed by atoms with E-state index < -0.39 is 23.5 Å². The summed E-state index contributed by atoms with van der Waals surface area (Å²) >= 11 is 0. The summed E-state index contributed by atoms with van der Waals surface area (Å²) in [5, 5.41) is 2.51. The Balaban J connectivity index is 2.57. The van der Waals surface area contributed by atoms with Gasteiger partial charge in [0.2, 0.25) is 0 Å². The number of fused-ring (bicyclic) bond motifs is 1. The summed E-state index contributed by atoms with van der Waals surface area (Å²) in [6.07, 6.45) is -3.20. The Kier molecular flexibility index (Phi) is 3.93. The third-order valence-corrected chi connectivity index (χ3v) is 2.92.